The number of para-hydroxylation sites is 1. The molecule has 1 N–H and O–H groups in total. The zero-order valence-corrected chi connectivity index (χ0v) is 17.1. The minimum absolute atomic E-state index is 0.199. The average molecular weight is 399 g/mol. The SMILES string of the molecule is COc1cccc(CN2CCC[C@](O)(CN3CCn4cccc4C3)C2=O)c1OC. The molecule has 0 bridgehead atoms. The van der Waals surface area contributed by atoms with Crippen molar-refractivity contribution >= 4 is 5.91 Å². The fraction of sp³-hybridized carbons (Fsp3) is 0.500. The van der Waals surface area contributed by atoms with Crippen LogP contribution in [0.15, 0.2) is 36.5 Å². The van der Waals surface area contributed by atoms with Gasteiger partial charge in [0.1, 0.15) is 0 Å². The first kappa shape index (κ1) is 19.8. The fourth-order valence-corrected chi connectivity index (χ4v) is 4.52. The van der Waals surface area contributed by atoms with Crippen LogP contribution in [0.5, 0.6) is 11.5 Å². The number of amides is 1. The van der Waals surface area contributed by atoms with Gasteiger partial charge in [-0.25, -0.2) is 0 Å². The van der Waals surface area contributed by atoms with Gasteiger partial charge >= 0.3 is 0 Å². The van der Waals surface area contributed by atoms with E-state index < -0.39 is 5.60 Å². The number of hydrogen-bond acceptors (Lipinski definition) is 5. The Kier molecular flexibility index (Phi) is 5.52. The van der Waals surface area contributed by atoms with Crippen LogP contribution in [0.1, 0.15) is 24.1 Å². The quantitative estimate of drug-likeness (QED) is 0.803. The molecule has 156 valence electrons. The van der Waals surface area contributed by atoms with E-state index in [2.05, 4.69) is 21.7 Å². The van der Waals surface area contributed by atoms with Gasteiger partial charge in [0.2, 0.25) is 0 Å². The summed E-state index contributed by atoms with van der Waals surface area (Å²) in [5, 5.41) is 11.3. The van der Waals surface area contributed by atoms with E-state index in [1.54, 1.807) is 19.1 Å². The number of methoxy groups -OCH3 is 2. The zero-order chi connectivity index (χ0) is 20.4. The van der Waals surface area contributed by atoms with Gasteiger partial charge in [0, 0.05) is 56.7 Å². The van der Waals surface area contributed by atoms with Crippen LogP contribution in [0.2, 0.25) is 0 Å². The van der Waals surface area contributed by atoms with Crippen LogP contribution in [0.25, 0.3) is 0 Å². The molecule has 7 nitrogen and oxygen atoms in total. The lowest BCUT2D eigenvalue weighted by Gasteiger charge is -2.42. The standard InChI is InChI=1S/C22H29N3O4/c1-28-19-8-3-6-17(20(19)29-2)14-25-11-5-9-22(27,21(25)26)16-23-12-13-24-10-4-7-18(24)15-23/h3-4,6-8,10,27H,5,9,11-16H2,1-2H3/t22-/m0/s1. The Labute approximate surface area is 171 Å². The number of likely N-dealkylation sites (tertiary alicyclic amines) is 1. The van der Waals surface area contributed by atoms with Gasteiger partial charge in [0.05, 0.1) is 14.2 Å². The lowest BCUT2D eigenvalue weighted by Crippen LogP contribution is -2.58. The molecule has 0 saturated carbocycles. The molecule has 2 aliphatic heterocycles. The highest BCUT2D eigenvalue weighted by atomic mass is 16.5. The predicted octanol–water partition coefficient (Wildman–Crippen LogP) is 1.87. The molecule has 2 aromatic rings. The van der Waals surface area contributed by atoms with Gasteiger partial charge in [0.15, 0.2) is 17.1 Å². The molecule has 1 atom stereocenters. The Hall–Kier alpha value is -2.51. The lowest BCUT2D eigenvalue weighted by atomic mass is 9.90. The van der Waals surface area contributed by atoms with Crippen molar-refractivity contribution in [3.8, 4) is 11.5 Å². The number of carbonyl (C=O) groups excluding carboxylic acids is 1. The fourth-order valence-electron chi connectivity index (χ4n) is 4.52. The highest BCUT2D eigenvalue weighted by Crippen LogP contribution is 2.33. The number of benzene rings is 1. The van der Waals surface area contributed by atoms with Crippen LogP contribution in [-0.2, 0) is 24.4 Å². The molecule has 0 radical (unpaired) electrons. The van der Waals surface area contributed by atoms with Gasteiger partial charge < -0.3 is 24.0 Å². The van der Waals surface area contributed by atoms with E-state index in [-0.39, 0.29) is 5.91 Å². The second-order valence-electron chi connectivity index (χ2n) is 7.92. The molecule has 0 aliphatic carbocycles. The van der Waals surface area contributed by atoms with Gasteiger partial charge in [-0.1, -0.05) is 12.1 Å². The molecule has 4 rings (SSSR count). The third kappa shape index (κ3) is 3.84. The molecule has 1 aromatic carbocycles. The summed E-state index contributed by atoms with van der Waals surface area (Å²) < 4.78 is 13.1. The van der Waals surface area contributed by atoms with E-state index in [4.69, 9.17) is 9.47 Å². The molecule has 1 aromatic heterocycles. The van der Waals surface area contributed by atoms with Crippen LogP contribution in [0, 0.1) is 0 Å². The molecular weight excluding hydrogens is 370 g/mol. The normalized spacial score (nSPS) is 22.4. The first-order chi connectivity index (χ1) is 14.0. The van der Waals surface area contributed by atoms with Gasteiger partial charge in [-0.05, 0) is 31.0 Å². The molecule has 0 unspecified atom stereocenters. The second kappa shape index (κ2) is 8.08. The van der Waals surface area contributed by atoms with E-state index in [0.29, 0.717) is 37.6 Å². The van der Waals surface area contributed by atoms with Crippen molar-refractivity contribution in [2.75, 3.05) is 33.9 Å². The minimum atomic E-state index is -1.35. The number of aromatic nitrogens is 1. The highest BCUT2D eigenvalue weighted by molar-refractivity contribution is 5.86. The first-order valence-electron chi connectivity index (χ1n) is 10.1. The Bertz CT molecular complexity index is 881. The van der Waals surface area contributed by atoms with Crippen LogP contribution in [0.4, 0.5) is 0 Å². The third-order valence-electron chi connectivity index (χ3n) is 6.00. The van der Waals surface area contributed by atoms with Crippen LogP contribution >= 0.6 is 0 Å². The van der Waals surface area contributed by atoms with E-state index in [9.17, 15) is 9.90 Å². The van der Waals surface area contributed by atoms with Gasteiger partial charge in [-0.2, -0.15) is 0 Å². The van der Waals surface area contributed by atoms with E-state index >= 15 is 0 Å². The molecule has 2 aliphatic rings. The summed E-state index contributed by atoms with van der Waals surface area (Å²) in [6, 6.07) is 9.80. The summed E-state index contributed by atoms with van der Waals surface area (Å²) in [7, 11) is 3.20. The number of ether oxygens (including phenoxy) is 2. The maximum atomic E-state index is 13.2. The summed E-state index contributed by atoms with van der Waals surface area (Å²) in [6.45, 7) is 3.86. The van der Waals surface area contributed by atoms with Crippen LogP contribution in [0.3, 0.4) is 0 Å². The monoisotopic (exact) mass is 399 g/mol. The molecule has 7 heteroatoms. The van der Waals surface area contributed by atoms with Gasteiger partial charge in [0.25, 0.3) is 5.91 Å². The Morgan fingerprint density at radius 2 is 1.97 bits per heavy atom. The summed E-state index contributed by atoms with van der Waals surface area (Å²) >= 11 is 0. The molecule has 3 heterocycles. The zero-order valence-electron chi connectivity index (χ0n) is 17.1. The Morgan fingerprint density at radius 1 is 1.10 bits per heavy atom. The van der Waals surface area contributed by atoms with Crippen molar-refractivity contribution in [1.82, 2.24) is 14.4 Å². The van der Waals surface area contributed by atoms with Crippen molar-refractivity contribution in [3.63, 3.8) is 0 Å². The number of hydrogen-bond donors (Lipinski definition) is 1. The molecule has 0 spiro atoms. The van der Waals surface area contributed by atoms with E-state index in [0.717, 1.165) is 31.6 Å². The van der Waals surface area contributed by atoms with Gasteiger partial charge in [-0.3, -0.25) is 9.69 Å². The first-order valence-corrected chi connectivity index (χ1v) is 10.1. The molecule has 1 saturated heterocycles. The maximum absolute atomic E-state index is 13.2. The minimum Gasteiger partial charge on any atom is -0.493 e. The number of β-amino-alcohol motifs (C(OH)–C–C–N with tert-alkyl or cyclic N) is 1. The Morgan fingerprint density at radius 3 is 2.76 bits per heavy atom. The van der Waals surface area contributed by atoms with Gasteiger partial charge in [-0.15, -0.1) is 0 Å². The van der Waals surface area contributed by atoms with Crippen LogP contribution < -0.4 is 9.47 Å². The third-order valence-corrected chi connectivity index (χ3v) is 6.00. The average Bonchev–Trinajstić information content (AvgIpc) is 3.19. The molecule has 1 amide bonds. The second-order valence-corrected chi connectivity index (χ2v) is 7.92. The summed E-state index contributed by atoms with van der Waals surface area (Å²) in [5.74, 6) is 1.07. The lowest BCUT2D eigenvalue weighted by molar-refractivity contribution is -0.160. The van der Waals surface area contributed by atoms with Crippen molar-refractivity contribution < 1.29 is 19.4 Å². The number of piperidine rings is 1. The van der Waals surface area contributed by atoms with Crippen molar-refractivity contribution in [2.24, 2.45) is 0 Å². The van der Waals surface area contributed by atoms with E-state index in [1.165, 1.54) is 5.69 Å². The smallest absolute Gasteiger partial charge is 0.256 e. The largest absolute Gasteiger partial charge is 0.493 e. The maximum Gasteiger partial charge on any atom is 0.256 e. The number of aliphatic hydroxyl groups is 1. The number of nitrogens with zero attached hydrogens (tertiary/aromatic N) is 3. The summed E-state index contributed by atoms with van der Waals surface area (Å²) in [4.78, 5) is 17.2. The summed E-state index contributed by atoms with van der Waals surface area (Å²) in [6.07, 6.45) is 3.35. The number of carbonyl (C=O) groups is 1. The number of fused-ring (bicyclic) bond motifs is 1. The summed E-state index contributed by atoms with van der Waals surface area (Å²) in [5.41, 5.74) is 0.750. The van der Waals surface area contributed by atoms with Crippen molar-refractivity contribution in [3.05, 3.63) is 47.8 Å². The topological polar surface area (TPSA) is 67.2 Å². The number of rotatable bonds is 6. The molecule has 1 fully saturated rings. The van der Waals surface area contributed by atoms with Crippen molar-refractivity contribution in [1.29, 1.82) is 0 Å². The molecular formula is C22H29N3O4. The van der Waals surface area contributed by atoms with E-state index in [1.807, 2.05) is 24.3 Å². The highest BCUT2D eigenvalue weighted by Gasteiger charge is 2.43. The predicted molar refractivity (Wildman–Crippen MR) is 109 cm³/mol. The van der Waals surface area contributed by atoms with Crippen LogP contribution in [-0.4, -0.2) is 64.8 Å². The van der Waals surface area contributed by atoms with Crippen molar-refractivity contribution in [2.45, 2.75) is 38.1 Å². The molecule has 29 heavy (non-hydrogen) atoms. The Balaban J connectivity index is 1.48.